The molecule has 2 aromatic heterocycles. The van der Waals surface area contributed by atoms with Gasteiger partial charge in [0.05, 0.1) is 18.3 Å². The number of esters is 1. The van der Waals surface area contributed by atoms with Crippen LogP contribution in [-0.4, -0.2) is 28.7 Å². The van der Waals surface area contributed by atoms with E-state index in [0.29, 0.717) is 16.1 Å². The highest BCUT2D eigenvalue weighted by Crippen LogP contribution is 2.36. The Balaban J connectivity index is 1.69. The highest BCUT2D eigenvalue weighted by atomic mass is 32.1. The molecule has 2 N–H and O–H groups in total. The normalized spacial score (nSPS) is 10.8. The summed E-state index contributed by atoms with van der Waals surface area (Å²) in [4.78, 5) is 25.4. The second-order valence-corrected chi connectivity index (χ2v) is 6.95. The predicted octanol–water partition coefficient (Wildman–Crippen LogP) is 4.72. The van der Waals surface area contributed by atoms with E-state index >= 15 is 0 Å². The van der Waals surface area contributed by atoms with Gasteiger partial charge in [-0.3, -0.25) is 9.89 Å². The maximum absolute atomic E-state index is 12.8. The van der Waals surface area contributed by atoms with Crippen LogP contribution in [0.1, 0.15) is 27.6 Å². The van der Waals surface area contributed by atoms with E-state index < -0.39 is 5.97 Å². The predicted molar refractivity (Wildman–Crippen MR) is 110 cm³/mol. The number of thiophene rings is 1. The molecular formula is C21H17N3O3S. The zero-order chi connectivity index (χ0) is 19.5. The van der Waals surface area contributed by atoms with E-state index in [0.717, 1.165) is 22.0 Å². The summed E-state index contributed by atoms with van der Waals surface area (Å²) in [7, 11) is 0. The van der Waals surface area contributed by atoms with Gasteiger partial charge in [0.1, 0.15) is 10.6 Å². The number of nitrogens with one attached hydrogen (secondary N) is 2. The summed E-state index contributed by atoms with van der Waals surface area (Å²) < 4.78 is 5.23. The summed E-state index contributed by atoms with van der Waals surface area (Å²) in [6.07, 6.45) is 1.66. The molecule has 2 heterocycles. The number of hydrogen-bond donors (Lipinski definition) is 2. The minimum absolute atomic E-state index is 0.257. The third-order valence-corrected chi connectivity index (χ3v) is 5.18. The first kappa shape index (κ1) is 17.9. The van der Waals surface area contributed by atoms with E-state index in [2.05, 4.69) is 15.5 Å². The van der Waals surface area contributed by atoms with Gasteiger partial charge in [-0.25, -0.2) is 4.79 Å². The van der Waals surface area contributed by atoms with E-state index in [9.17, 15) is 9.59 Å². The molecule has 0 unspecified atom stereocenters. The van der Waals surface area contributed by atoms with Gasteiger partial charge in [-0.1, -0.05) is 30.3 Å². The van der Waals surface area contributed by atoms with E-state index in [1.165, 1.54) is 11.3 Å². The lowest BCUT2D eigenvalue weighted by molar-refractivity contribution is 0.0529. The first-order valence-electron chi connectivity index (χ1n) is 8.76. The molecular weight excluding hydrogens is 374 g/mol. The molecule has 0 saturated heterocycles. The molecule has 0 aliphatic carbocycles. The topological polar surface area (TPSA) is 84.1 Å². The summed E-state index contributed by atoms with van der Waals surface area (Å²) in [5.74, 6) is -0.752. The molecule has 0 aliphatic rings. The molecule has 6 nitrogen and oxygen atoms in total. The Morgan fingerprint density at radius 1 is 1.18 bits per heavy atom. The van der Waals surface area contributed by atoms with Crippen molar-refractivity contribution in [3.05, 3.63) is 71.2 Å². The first-order chi connectivity index (χ1) is 13.7. The van der Waals surface area contributed by atoms with Crippen LogP contribution in [0.25, 0.3) is 22.0 Å². The average molecular weight is 391 g/mol. The summed E-state index contributed by atoms with van der Waals surface area (Å²) in [5.41, 5.74) is 3.34. The van der Waals surface area contributed by atoms with Crippen LogP contribution >= 0.6 is 11.3 Å². The number of amides is 1. The Hall–Kier alpha value is -3.45. The summed E-state index contributed by atoms with van der Waals surface area (Å²) in [6.45, 7) is 2.01. The molecule has 0 bridgehead atoms. The van der Waals surface area contributed by atoms with E-state index in [4.69, 9.17) is 4.74 Å². The Bertz CT molecular complexity index is 1150. The highest BCUT2D eigenvalue weighted by Gasteiger charge is 2.23. The number of hydrogen-bond acceptors (Lipinski definition) is 5. The minimum atomic E-state index is -0.455. The van der Waals surface area contributed by atoms with Gasteiger partial charge in [-0.2, -0.15) is 5.10 Å². The van der Waals surface area contributed by atoms with Crippen molar-refractivity contribution in [1.29, 1.82) is 0 Å². The van der Waals surface area contributed by atoms with Gasteiger partial charge in [0.15, 0.2) is 0 Å². The monoisotopic (exact) mass is 391 g/mol. The first-order valence-corrected chi connectivity index (χ1v) is 9.64. The Morgan fingerprint density at radius 3 is 2.79 bits per heavy atom. The number of anilines is 1. The van der Waals surface area contributed by atoms with Crippen molar-refractivity contribution < 1.29 is 14.3 Å². The van der Waals surface area contributed by atoms with Gasteiger partial charge in [0, 0.05) is 21.9 Å². The SMILES string of the molecule is CCOC(=O)c1c(-c2ccccc2)csc1NC(=O)c1ccc2[nH]ncc2c1. The van der Waals surface area contributed by atoms with Crippen LogP contribution in [0.5, 0.6) is 0 Å². The number of fused-ring (bicyclic) bond motifs is 1. The number of benzene rings is 2. The molecule has 2 aromatic carbocycles. The lowest BCUT2D eigenvalue weighted by Gasteiger charge is -2.09. The second kappa shape index (κ2) is 7.66. The largest absolute Gasteiger partial charge is 0.462 e. The summed E-state index contributed by atoms with van der Waals surface area (Å²) in [5, 5.41) is 12.8. The smallest absolute Gasteiger partial charge is 0.341 e. The van der Waals surface area contributed by atoms with Crippen molar-refractivity contribution in [3.63, 3.8) is 0 Å². The molecule has 4 aromatic rings. The van der Waals surface area contributed by atoms with E-state index in [1.807, 2.05) is 35.7 Å². The Labute approximate surface area is 165 Å². The van der Waals surface area contributed by atoms with E-state index in [-0.39, 0.29) is 12.5 Å². The lowest BCUT2D eigenvalue weighted by Crippen LogP contribution is -2.14. The summed E-state index contributed by atoms with van der Waals surface area (Å²) in [6, 6.07) is 14.8. The van der Waals surface area contributed by atoms with Crippen molar-refractivity contribution in [2.45, 2.75) is 6.92 Å². The molecule has 1 amide bonds. The maximum Gasteiger partial charge on any atom is 0.341 e. The third kappa shape index (κ3) is 3.39. The zero-order valence-corrected chi connectivity index (χ0v) is 15.9. The van der Waals surface area contributed by atoms with Gasteiger partial charge < -0.3 is 10.1 Å². The Morgan fingerprint density at radius 2 is 2.00 bits per heavy atom. The van der Waals surface area contributed by atoms with E-state index in [1.54, 1.807) is 31.3 Å². The molecule has 0 fully saturated rings. The van der Waals surface area contributed by atoms with Crippen molar-refractivity contribution in [3.8, 4) is 11.1 Å². The van der Waals surface area contributed by atoms with Crippen LogP contribution in [0.4, 0.5) is 5.00 Å². The molecule has 0 aliphatic heterocycles. The molecule has 0 saturated carbocycles. The van der Waals surface area contributed by atoms with Crippen molar-refractivity contribution >= 4 is 39.1 Å². The minimum Gasteiger partial charge on any atom is -0.462 e. The number of carbonyl (C=O) groups is 2. The average Bonchev–Trinajstić information content (AvgIpc) is 3.35. The number of ether oxygens (including phenoxy) is 1. The van der Waals surface area contributed by atoms with Crippen molar-refractivity contribution in [2.24, 2.45) is 0 Å². The van der Waals surface area contributed by atoms with Gasteiger partial charge in [0.25, 0.3) is 5.91 Å². The summed E-state index contributed by atoms with van der Waals surface area (Å²) >= 11 is 1.30. The van der Waals surface area contributed by atoms with Crippen LogP contribution in [-0.2, 0) is 4.74 Å². The van der Waals surface area contributed by atoms with Gasteiger partial charge >= 0.3 is 5.97 Å². The van der Waals surface area contributed by atoms with Crippen molar-refractivity contribution in [1.82, 2.24) is 10.2 Å². The number of aromatic amines is 1. The number of H-pyrrole nitrogens is 1. The zero-order valence-electron chi connectivity index (χ0n) is 15.1. The third-order valence-electron chi connectivity index (χ3n) is 4.28. The number of carbonyl (C=O) groups excluding carboxylic acids is 2. The van der Waals surface area contributed by atoms with Gasteiger partial charge in [0.2, 0.25) is 0 Å². The quantitative estimate of drug-likeness (QED) is 0.482. The fourth-order valence-corrected chi connectivity index (χ4v) is 3.90. The van der Waals surface area contributed by atoms with Crippen LogP contribution < -0.4 is 5.32 Å². The van der Waals surface area contributed by atoms with Crippen LogP contribution in [0, 0.1) is 0 Å². The fraction of sp³-hybridized carbons (Fsp3) is 0.0952. The highest BCUT2D eigenvalue weighted by molar-refractivity contribution is 7.15. The maximum atomic E-state index is 12.8. The molecule has 0 radical (unpaired) electrons. The van der Waals surface area contributed by atoms with Crippen LogP contribution in [0.3, 0.4) is 0 Å². The van der Waals surface area contributed by atoms with Gasteiger partial charge in [-0.15, -0.1) is 11.3 Å². The molecule has 0 spiro atoms. The molecule has 4 rings (SSSR count). The molecule has 140 valence electrons. The standard InChI is InChI=1S/C21H17N3O3S/c1-2-27-21(26)18-16(13-6-4-3-5-7-13)12-28-20(18)23-19(25)14-8-9-17-15(10-14)11-22-24-17/h3-12H,2H2,1H3,(H,22,24)(H,23,25). The van der Waals surface area contributed by atoms with Crippen LogP contribution in [0.15, 0.2) is 60.1 Å². The van der Waals surface area contributed by atoms with Gasteiger partial charge in [-0.05, 0) is 30.7 Å². The fourth-order valence-electron chi connectivity index (χ4n) is 2.95. The Kier molecular flexibility index (Phi) is 4.90. The lowest BCUT2D eigenvalue weighted by atomic mass is 10.0. The number of rotatable bonds is 5. The molecule has 0 atom stereocenters. The second-order valence-electron chi connectivity index (χ2n) is 6.07. The van der Waals surface area contributed by atoms with Crippen LogP contribution in [0.2, 0.25) is 0 Å². The number of aromatic nitrogens is 2. The molecule has 7 heteroatoms. The van der Waals surface area contributed by atoms with Crippen molar-refractivity contribution in [2.75, 3.05) is 11.9 Å². The molecule has 28 heavy (non-hydrogen) atoms. The number of nitrogens with zero attached hydrogens (tertiary/aromatic N) is 1.